The molecular formula is C17H30N2O3. The minimum absolute atomic E-state index is 0.00165. The molecule has 5 heteroatoms. The predicted molar refractivity (Wildman–Crippen MR) is 85.3 cm³/mol. The van der Waals surface area contributed by atoms with Gasteiger partial charge in [-0.25, -0.2) is 0 Å². The van der Waals surface area contributed by atoms with Crippen molar-refractivity contribution in [3.05, 3.63) is 0 Å². The van der Waals surface area contributed by atoms with Crippen LogP contribution in [0.3, 0.4) is 0 Å². The molecule has 0 aromatic carbocycles. The molecule has 2 aliphatic rings. The van der Waals surface area contributed by atoms with E-state index in [1.807, 2.05) is 0 Å². The molecule has 1 aliphatic carbocycles. The van der Waals surface area contributed by atoms with Crippen LogP contribution in [0, 0.1) is 11.8 Å². The minimum atomic E-state index is -0.0595. The molecule has 0 aromatic heterocycles. The van der Waals surface area contributed by atoms with E-state index >= 15 is 0 Å². The maximum atomic E-state index is 12.0. The van der Waals surface area contributed by atoms with Gasteiger partial charge in [-0.2, -0.15) is 0 Å². The summed E-state index contributed by atoms with van der Waals surface area (Å²) in [5.74, 6) is 1.12. The zero-order valence-corrected chi connectivity index (χ0v) is 13.9. The van der Waals surface area contributed by atoms with Crippen LogP contribution in [0.1, 0.15) is 58.8 Å². The average molecular weight is 310 g/mol. The number of carbonyl (C=O) groups is 2. The maximum Gasteiger partial charge on any atom is 0.220 e. The largest absolute Gasteiger partial charge is 0.376 e. The number of carbonyl (C=O) groups excluding carboxylic acids is 2. The fourth-order valence-electron chi connectivity index (χ4n) is 3.41. The van der Waals surface area contributed by atoms with Crippen molar-refractivity contribution in [3.63, 3.8) is 0 Å². The van der Waals surface area contributed by atoms with Crippen molar-refractivity contribution in [1.82, 2.24) is 10.6 Å². The van der Waals surface area contributed by atoms with Crippen LogP contribution in [0.15, 0.2) is 0 Å². The Morgan fingerprint density at radius 2 is 1.82 bits per heavy atom. The number of hydrogen-bond donors (Lipinski definition) is 2. The highest BCUT2D eigenvalue weighted by Gasteiger charge is 2.28. The molecule has 0 bridgehead atoms. The van der Waals surface area contributed by atoms with Crippen molar-refractivity contribution in [2.24, 2.45) is 11.8 Å². The number of amides is 2. The first-order chi connectivity index (χ1) is 10.6. The number of rotatable bonds is 6. The highest BCUT2D eigenvalue weighted by molar-refractivity contribution is 5.83. The van der Waals surface area contributed by atoms with Crippen LogP contribution in [-0.2, 0) is 14.3 Å². The van der Waals surface area contributed by atoms with Gasteiger partial charge < -0.3 is 15.4 Å². The molecule has 1 aliphatic heterocycles. The molecule has 0 unspecified atom stereocenters. The molecule has 4 atom stereocenters. The van der Waals surface area contributed by atoms with Gasteiger partial charge >= 0.3 is 0 Å². The van der Waals surface area contributed by atoms with Gasteiger partial charge in [0.25, 0.3) is 0 Å². The summed E-state index contributed by atoms with van der Waals surface area (Å²) < 4.78 is 5.46. The van der Waals surface area contributed by atoms with Crippen molar-refractivity contribution in [2.45, 2.75) is 70.9 Å². The first-order valence-electron chi connectivity index (χ1n) is 8.74. The summed E-state index contributed by atoms with van der Waals surface area (Å²) in [7, 11) is 0. The Morgan fingerprint density at radius 3 is 2.55 bits per heavy atom. The van der Waals surface area contributed by atoms with Crippen molar-refractivity contribution in [3.8, 4) is 0 Å². The van der Waals surface area contributed by atoms with Crippen LogP contribution in [-0.4, -0.2) is 37.1 Å². The lowest BCUT2D eigenvalue weighted by atomic mass is 9.78. The van der Waals surface area contributed by atoms with Gasteiger partial charge in [-0.05, 0) is 31.1 Å². The summed E-state index contributed by atoms with van der Waals surface area (Å²) in [6, 6.07) is 0.270. The van der Waals surface area contributed by atoms with Gasteiger partial charge in [-0.1, -0.05) is 26.7 Å². The van der Waals surface area contributed by atoms with Crippen LogP contribution in [0.5, 0.6) is 0 Å². The van der Waals surface area contributed by atoms with E-state index in [0.717, 1.165) is 25.9 Å². The minimum Gasteiger partial charge on any atom is -0.376 e. The second-order valence-corrected chi connectivity index (χ2v) is 6.88. The van der Waals surface area contributed by atoms with Crippen LogP contribution < -0.4 is 10.6 Å². The highest BCUT2D eigenvalue weighted by Crippen LogP contribution is 2.29. The number of nitrogens with one attached hydrogen (secondary N) is 2. The lowest BCUT2D eigenvalue weighted by Gasteiger charge is -2.34. The molecule has 22 heavy (non-hydrogen) atoms. The smallest absolute Gasteiger partial charge is 0.220 e. The SMILES string of the molecule is C[C@H]1[C@H](C)CCC[C@@H]1NC(=O)CCC(=O)NC[C@H]1CCCO1. The fourth-order valence-corrected chi connectivity index (χ4v) is 3.41. The lowest BCUT2D eigenvalue weighted by molar-refractivity contribution is -0.127. The Bertz CT molecular complexity index is 380. The van der Waals surface area contributed by atoms with Crippen LogP contribution in [0.2, 0.25) is 0 Å². The zero-order valence-electron chi connectivity index (χ0n) is 13.9. The van der Waals surface area contributed by atoms with Gasteiger partial charge in [0.05, 0.1) is 6.10 Å². The van der Waals surface area contributed by atoms with Gasteiger partial charge in [0, 0.05) is 32.0 Å². The summed E-state index contributed by atoms with van der Waals surface area (Å²) in [5.41, 5.74) is 0. The summed E-state index contributed by atoms with van der Waals surface area (Å²) in [6.07, 6.45) is 6.26. The molecule has 2 rings (SSSR count). The quantitative estimate of drug-likeness (QED) is 0.788. The summed E-state index contributed by atoms with van der Waals surface area (Å²) in [5, 5.41) is 5.96. The van der Waals surface area contributed by atoms with E-state index in [9.17, 15) is 9.59 Å². The molecule has 1 saturated heterocycles. The molecule has 2 fully saturated rings. The molecule has 2 N–H and O–H groups in total. The second kappa shape index (κ2) is 8.51. The first kappa shape index (κ1) is 17.3. The lowest BCUT2D eigenvalue weighted by Crippen LogP contribution is -2.44. The maximum absolute atomic E-state index is 12.0. The van der Waals surface area contributed by atoms with E-state index < -0.39 is 0 Å². The standard InChI is InChI=1S/C17H30N2O3/c1-12-5-3-7-15(13(12)2)19-17(21)9-8-16(20)18-11-14-6-4-10-22-14/h12-15H,3-11H2,1-2H3,(H,18,20)(H,19,21)/t12-,13+,14-,15+/m1/s1. The molecule has 2 amide bonds. The molecule has 126 valence electrons. The normalized spacial score (nSPS) is 31.7. The van der Waals surface area contributed by atoms with Gasteiger partial charge in [-0.15, -0.1) is 0 Å². The predicted octanol–water partition coefficient (Wildman–Crippen LogP) is 2.00. The van der Waals surface area contributed by atoms with Crippen LogP contribution >= 0.6 is 0 Å². The van der Waals surface area contributed by atoms with E-state index in [4.69, 9.17) is 4.74 Å². The van der Waals surface area contributed by atoms with E-state index in [0.29, 0.717) is 18.4 Å². The van der Waals surface area contributed by atoms with E-state index in [-0.39, 0.29) is 36.8 Å². The Kier molecular flexibility index (Phi) is 6.68. The molecular weight excluding hydrogens is 280 g/mol. The fraction of sp³-hybridized carbons (Fsp3) is 0.882. The van der Waals surface area contributed by atoms with Gasteiger partial charge in [0.2, 0.25) is 11.8 Å². The summed E-state index contributed by atoms with van der Waals surface area (Å²) >= 11 is 0. The van der Waals surface area contributed by atoms with Crippen LogP contribution in [0.4, 0.5) is 0 Å². The average Bonchev–Trinajstić information content (AvgIpc) is 3.01. The monoisotopic (exact) mass is 310 g/mol. The Balaban J connectivity index is 1.61. The molecule has 0 radical (unpaired) electrons. The molecule has 0 aromatic rings. The molecule has 1 saturated carbocycles. The Labute approximate surface area is 133 Å². The van der Waals surface area contributed by atoms with Gasteiger partial charge in [0.1, 0.15) is 0 Å². The van der Waals surface area contributed by atoms with Crippen molar-refractivity contribution >= 4 is 11.8 Å². The van der Waals surface area contributed by atoms with Gasteiger partial charge in [-0.3, -0.25) is 9.59 Å². The third-order valence-electron chi connectivity index (χ3n) is 5.18. The number of hydrogen-bond acceptors (Lipinski definition) is 3. The third-order valence-corrected chi connectivity index (χ3v) is 5.18. The van der Waals surface area contributed by atoms with E-state index in [1.165, 1.54) is 12.8 Å². The zero-order chi connectivity index (χ0) is 15.9. The summed E-state index contributed by atoms with van der Waals surface area (Å²) in [6.45, 7) is 5.82. The highest BCUT2D eigenvalue weighted by atomic mass is 16.5. The van der Waals surface area contributed by atoms with Crippen molar-refractivity contribution in [1.29, 1.82) is 0 Å². The van der Waals surface area contributed by atoms with Crippen molar-refractivity contribution < 1.29 is 14.3 Å². The van der Waals surface area contributed by atoms with E-state index in [2.05, 4.69) is 24.5 Å². The molecule has 1 heterocycles. The molecule has 5 nitrogen and oxygen atoms in total. The summed E-state index contributed by atoms with van der Waals surface area (Å²) in [4.78, 5) is 23.8. The Hall–Kier alpha value is -1.10. The second-order valence-electron chi connectivity index (χ2n) is 6.88. The Morgan fingerprint density at radius 1 is 1.05 bits per heavy atom. The number of ether oxygens (including phenoxy) is 1. The van der Waals surface area contributed by atoms with Crippen LogP contribution in [0.25, 0.3) is 0 Å². The molecule has 0 spiro atoms. The van der Waals surface area contributed by atoms with Gasteiger partial charge in [0.15, 0.2) is 0 Å². The first-order valence-corrected chi connectivity index (χ1v) is 8.74. The third kappa shape index (κ3) is 5.27. The topological polar surface area (TPSA) is 67.4 Å². The van der Waals surface area contributed by atoms with Crippen molar-refractivity contribution in [2.75, 3.05) is 13.2 Å². The van der Waals surface area contributed by atoms with E-state index in [1.54, 1.807) is 0 Å².